The molecule has 8 heteroatoms. The molecule has 5 rings (SSSR count). The van der Waals surface area contributed by atoms with E-state index in [9.17, 15) is 19.5 Å². The van der Waals surface area contributed by atoms with E-state index >= 15 is 0 Å². The van der Waals surface area contributed by atoms with Crippen LogP contribution < -0.4 is 0 Å². The number of cyclic esters (lactones) is 1. The summed E-state index contributed by atoms with van der Waals surface area (Å²) in [5.74, 6) is -2.66. The molecule has 6 atom stereocenters. The fraction of sp³-hybridized carbons (Fsp3) is 0.741. The maximum Gasteiger partial charge on any atom is 0.313 e. The maximum atomic E-state index is 14.3. The van der Waals surface area contributed by atoms with Crippen LogP contribution in [0.1, 0.15) is 65.2 Å². The fourth-order valence-electron chi connectivity index (χ4n) is 7.12. The molecule has 0 aromatic heterocycles. The van der Waals surface area contributed by atoms with Crippen LogP contribution in [0, 0.1) is 11.8 Å². The minimum atomic E-state index is -1.29. The average molecular weight is 487 g/mol. The van der Waals surface area contributed by atoms with Gasteiger partial charge in [-0.15, -0.1) is 0 Å². The third-order valence-electron chi connectivity index (χ3n) is 8.81. The fourth-order valence-corrected chi connectivity index (χ4v) is 7.12. The topological polar surface area (TPSA) is 96.4 Å². The highest BCUT2D eigenvalue weighted by atomic mass is 16.6. The summed E-state index contributed by atoms with van der Waals surface area (Å²) < 4.78 is 12.4. The molecule has 0 bridgehead atoms. The molecule has 2 amide bonds. The van der Waals surface area contributed by atoms with Crippen LogP contribution in [0.15, 0.2) is 24.3 Å². The number of carbonyl (C=O) groups excluding carboxylic acids is 3. The Labute approximate surface area is 207 Å². The summed E-state index contributed by atoms with van der Waals surface area (Å²) in [5, 5.41) is 10.2. The Bertz CT molecular complexity index is 923. The molecule has 1 saturated carbocycles. The number of aliphatic hydroxyl groups is 1. The van der Waals surface area contributed by atoms with Gasteiger partial charge >= 0.3 is 5.97 Å². The third-order valence-corrected chi connectivity index (χ3v) is 8.81. The predicted molar refractivity (Wildman–Crippen MR) is 128 cm³/mol. The number of allylic oxidation sites excluding steroid dienone is 1. The lowest BCUT2D eigenvalue weighted by Crippen LogP contribution is -2.60. The second-order valence-electron chi connectivity index (χ2n) is 10.9. The van der Waals surface area contributed by atoms with Gasteiger partial charge in [0.15, 0.2) is 0 Å². The van der Waals surface area contributed by atoms with Gasteiger partial charge in [0, 0.05) is 12.6 Å². The van der Waals surface area contributed by atoms with Crippen molar-refractivity contribution in [2.75, 3.05) is 19.8 Å². The first-order valence-electron chi connectivity index (χ1n) is 13.3. The van der Waals surface area contributed by atoms with Crippen LogP contribution in [0.25, 0.3) is 0 Å². The summed E-state index contributed by atoms with van der Waals surface area (Å²) in [5.41, 5.74) is -2.36. The molecule has 0 aromatic rings. The van der Waals surface area contributed by atoms with Crippen LogP contribution in [0.4, 0.5) is 0 Å². The van der Waals surface area contributed by atoms with Crippen molar-refractivity contribution in [1.29, 1.82) is 0 Å². The van der Waals surface area contributed by atoms with Gasteiger partial charge in [0.25, 0.3) is 0 Å². The minimum Gasteiger partial charge on any atom is -0.465 e. The van der Waals surface area contributed by atoms with E-state index in [1.54, 1.807) is 4.90 Å². The highest BCUT2D eigenvalue weighted by molar-refractivity contribution is 5.99. The number of hydrogen-bond donors (Lipinski definition) is 1. The van der Waals surface area contributed by atoms with E-state index in [0.29, 0.717) is 19.4 Å². The SMILES string of the molecule is CC[C@@H](CO)N1C(=O)[C@@H]2[C@@H]3C(=O)OCCC/C=C\[C@]3(C)O[C@@]23C=CCN(C2CCCCC2)C(=O)C13. The van der Waals surface area contributed by atoms with E-state index < -0.39 is 41.1 Å². The number of aliphatic hydroxyl groups excluding tert-OH is 1. The maximum absolute atomic E-state index is 14.3. The zero-order chi connectivity index (χ0) is 24.8. The van der Waals surface area contributed by atoms with Crippen molar-refractivity contribution in [3.8, 4) is 0 Å². The first kappa shape index (κ1) is 24.5. The summed E-state index contributed by atoms with van der Waals surface area (Å²) in [6.45, 7) is 4.21. The number of likely N-dealkylation sites (tertiary alicyclic amines) is 1. The van der Waals surface area contributed by atoms with E-state index in [1.807, 2.05) is 43.1 Å². The molecular weight excluding hydrogens is 448 g/mol. The van der Waals surface area contributed by atoms with Crippen LogP contribution in [0.3, 0.4) is 0 Å². The standard InChI is InChI=1S/C27H38N2O6/c1-3-18(17-30)29-22-24(32)28(19-11-6-4-7-12-19)15-10-14-27(22)20(23(29)31)21-25(33)34-16-9-5-8-13-26(21,2)35-27/h8,10,13-14,18-22,30H,3-7,9,11-12,15-17H2,1-2H3/b13-8-/t18-,20-,21+,22?,26-,27-/m0/s1. The second kappa shape index (κ2) is 9.36. The zero-order valence-corrected chi connectivity index (χ0v) is 20.9. The summed E-state index contributed by atoms with van der Waals surface area (Å²) in [4.78, 5) is 45.3. The molecule has 35 heavy (non-hydrogen) atoms. The van der Waals surface area contributed by atoms with Crippen molar-refractivity contribution < 1.29 is 29.0 Å². The zero-order valence-electron chi connectivity index (χ0n) is 20.9. The van der Waals surface area contributed by atoms with Crippen molar-refractivity contribution in [2.45, 2.75) is 94.5 Å². The van der Waals surface area contributed by atoms with Crippen molar-refractivity contribution in [2.24, 2.45) is 11.8 Å². The number of carbonyl (C=O) groups is 3. The molecule has 0 aromatic carbocycles. The highest BCUT2D eigenvalue weighted by Gasteiger charge is 2.75. The van der Waals surface area contributed by atoms with Gasteiger partial charge in [-0.05, 0) is 39.0 Å². The van der Waals surface area contributed by atoms with Gasteiger partial charge in [-0.25, -0.2) is 0 Å². The van der Waals surface area contributed by atoms with E-state index in [-0.39, 0.29) is 31.1 Å². The summed E-state index contributed by atoms with van der Waals surface area (Å²) in [6.07, 6.45) is 14.9. The molecule has 2 saturated heterocycles. The smallest absolute Gasteiger partial charge is 0.313 e. The Balaban J connectivity index is 1.64. The van der Waals surface area contributed by atoms with Gasteiger partial charge in [-0.2, -0.15) is 0 Å². The largest absolute Gasteiger partial charge is 0.465 e. The number of hydrogen-bond acceptors (Lipinski definition) is 6. The van der Waals surface area contributed by atoms with Crippen LogP contribution in [0.5, 0.6) is 0 Å². The van der Waals surface area contributed by atoms with Crippen molar-refractivity contribution >= 4 is 17.8 Å². The van der Waals surface area contributed by atoms with E-state index in [2.05, 4.69) is 0 Å². The molecule has 1 aliphatic carbocycles. The molecular formula is C27H38N2O6. The Morgan fingerprint density at radius 2 is 1.83 bits per heavy atom. The van der Waals surface area contributed by atoms with Crippen molar-refractivity contribution in [3.05, 3.63) is 24.3 Å². The lowest BCUT2D eigenvalue weighted by molar-refractivity contribution is -0.162. The number of ether oxygens (including phenoxy) is 2. The van der Waals surface area contributed by atoms with Gasteiger partial charge in [0.2, 0.25) is 11.8 Å². The third kappa shape index (κ3) is 3.75. The van der Waals surface area contributed by atoms with Gasteiger partial charge in [0.05, 0.1) is 30.8 Å². The Morgan fingerprint density at radius 3 is 2.54 bits per heavy atom. The summed E-state index contributed by atoms with van der Waals surface area (Å²) in [6, 6.07) is -1.33. The van der Waals surface area contributed by atoms with Gasteiger partial charge in [-0.1, -0.05) is 50.5 Å². The van der Waals surface area contributed by atoms with Crippen LogP contribution in [0.2, 0.25) is 0 Å². The van der Waals surface area contributed by atoms with E-state index in [4.69, 9.17) is 9.47 Å². The van der Waals surface area contributed by atoms with Gasteiger partial charge in [-0.3, -0.25) is 14.4 Å². The van der Waals surface area contributed by atoms with Crippen molar-refractivity contribution in [1.82, 2.24) is 9.80 Å². The Morgan fingerprint density at radius 1 is 1.06 bits per heavy atom. The van der Waals surface area contributed by atoms with Crippen LogP contribution in [-0.2, 0) is 23.9 Å². The molecule has 4 aliphatic heterocycles. The molecule has 1 N–H and O–H groups in total. The van der Waals surface area contributed by atoms with Gasteiger partial charge < -0.3 is 24.4 Å². The Kier molecular flexibility index (Phi) is 6.55. The highest BCUT2D eigenvalue weighted by Crippen LogP contribution is 2.57. The number of esters is 1. The van der Waals surface area contributed by atoms with E-state index in [0.717, 1.165) is 32.1 Å². The van der Waals surface area contributed by atoms with Crippen LogP contribution >= 0.6 is 0 Å². The molecule has 8 nitrogen and oxygen atoms in total. The molecule has 1 spiro atoms. The second-order valence-corrected chi connectivity index (χ2v) is 10.9. The summed E-state index contributed by atoms with van der Waals surface area (Å²) >= 11 is 0. The lowest BCUT2D eigenvalue weighted by atomic mass is 9.74. The number of rotatable bonds is 4. The first-order valence-corrected chi connectivity index (χ1v) is 13.3. The minimum absolute atomic E-state index is 0.125. The molecule has 1 unspecified atom stereocenters. The first-order chi connectivity index (χ1) is 16.9. The van der Waals surface area contributed by atoms with E-state index in [1.165, 1.54) is 6.42 Å². The molecule has 4 heterocycles. The monoisotopic (exact) mass is 486 g/mol. The molecule has 0 radical (unpaired) electrons. The van der Waals surface area contributed by atoms with Crippen molar-refractivity contribution in [3.63, 3.8) is 0 Å². The molecule has 5 aliphatic rings. The normalized spacial score (nSPS) is 39.6. The molecule has 192 valence electrons. The van der Waals surface area contributed by atoms with Crippen LogP contribution in [-0.4, -0.2) is 81.8 Å². The lowest BCUT2D eigenvalue weighted by Gasteiger charge is -2.42. The number of amides is 2. The van der Waals surface area contributed by atoms with Gasteiger partial charge in [0.1, 0.15) is 17.6 Å². The summed E-state index contributed by atoms with van der Waals surface area (Å²) in [7, 11) is 0. The number of fused-ring (bicyclic) bond motifs is 2. The quantitative estimate of drug-likeness (QED) is 0.484. The number of nitrogens with zero attached hydrogens (tertiary/aromatic N) is 2. The Hall–Kier alpha value is -2.19. The molecule has 3 fully saturated rings. The average Bonchev–Trinajstić information content (AvgIpc) is 3.20. The predicted octanol–water partition coefficient (Wildman–Crippen LogP) is 2.35.